The highest BCUT2D eigenvalue weighted by Gasteiger charge is 2.27. The van der Waals surface area contributed by atoms with Crippen LogP contribution in [0.3, 0.4) is 0 Å². The number of nitro groups is 1. The molecule has 2 aromatic rings. The molecule has 0 spiro atoms. The Morgan fingerprint density at radius 3 is 3.05 bits per heavy atom. The molecule has 0 bridgehead atoms. The number of hydrogen-bond donors (Lipinski definition) is 1. The van der Waals surface area contributed by atoms with Crippen LogP contribution in [0.4, 0.5) is 5.82 Å². The van der Waals surface area contributed by atoms with Crippen LogP contribution in [0.25, 0.3) is 5.65 Å². The third-order valence-electron chi connectivity index (χ3n) is 3.75. The van der Waals surface area contributed by atoms with Crippen LogP contribution >= 0.6 is 0 Å². The highest BCUT2D eigenvalue weighted by atomic mass is 16.6. The number of aromatic nitrogens is 2. The second-order valence-electron chi connectivity index (χ2n) is 5.14. The maximum absolute atomic E-state index is 11.3. The Hall–Kier alpha value is -1.99. The largest absolute Gasteiger partial charge is 0.396 e. The first-order chi connectivity index (χ1) is 9.69. The smallest absolute Gasteiger partial charge is 0.352 e. The Balaban J connectivity index is 1.91. The van der Waals surface area contributed by atoms with Crippen LogP contribution in [0, 0.1) is 16.0 Å². The molecular weight excluding hydrogens is 260 g/mol. The van der Waals surface area contributed by atoms with Gasteiger partial charge in [-0.15, -0.1) is 0 Å². The summed E-state index contributed by atoms with van der Waals surface area (Å²) in [6.45, 7) is 2.23. The second kappa shape index (κ2) is 5.18. The lowest BCUT2D eigenvalue weighted by Crippen LogP contribution is -2.21. The van der Waals surface area contributed by atoms with Crippen molar-refractivity contribution in [3.63, 3.8) is 0 Å². The summed E-state index contributed by atoms with van der Waals surface area (Å²) in [6, 6.07) is 5.33. The first kappa shape index (κ1) is 13.0. The monoisotopic (exact) mass is 276 g/mol. The number of aliphatic hydroxyl groups excluding tert-OH is 1. The second-order valence-corrected chi connectivity index (χ2v) is 5.14. The molecule has 0 amide bonds. The number of likely N-dealkylation sites (tertiary alicyclic amines) is 1. The molecule has 7 heteroatoms. The fourth-order valence-electron chi connectivity index (χ4n) is 2.75. The third kappa shape index (κ3) is 2.25. The molecular formula is C13H16N4O3. The van der Waals surface area contributed by atoms with Gasteiger partial charge in [0.05, 0.1) is 6.20 Å². The maximum atomic E-state index is 11.3. The molecule has 1 unspecified atom stereocenters. The van der Waals surface area contributed by atoms with Crippen molar-refractivity contribution in [1.29, 1.82) is 0 Å². The average Bonchev–Trinajstić information content (AvgIpc) is 3.02. The van der Waals surface area contributed by atoms with Gasteiger partial charge in [0.1, 0.15) is 0 Å². The first-order valence-electron chi connectivity index (χ1n) is 6.62. The minimum Gasteiger partial charge on any atom is -0.396 e. The van der Waals surface area contributed by atoms with Crippen LogP contribution in [0.1, 0.15) is 12.1 Å². The van der Waals surface area contributed by atoms with Gasteiger partial charge in [0.15, 0.2) is 5.69 Å². The van der Waals surface area contributed by atoms with Crippen molar-refractivity contribution in [2.75, 3.05) is 19.7 Å². The van der Waals surface area contributed by atoms with Gasteiger partial charge in [0.25, 0.3) is 0 Å². The minimum absolute atomic E-state index is 0.0352. The van der Waals surface area contributed by atoms with E-state index < -0.39 is 0 Å². The zero-order valence-electron chi connectivity index (χ0n) is 11.0. The molecule has 0 aromatic carbocycles. The molecule has 20 heavy (non-hydrogen) atoms. The van der Waals surface area contributed by atoms with E-state index in [-0.39, 0.29) is 23.3 Å². The molecule has 1 fully saturated rings. The summed E-state index contributed by atoms with van der Waals surface area (Å²) in [6.07, 6.45) is 2.59. The number of aliphatic hydroxyl groups is 1. The van der Waals surface area contributed by atoms with Crippen molar-refractivity contribution in [1.82, 2.24) is 14.3 Å². The van der Waals surface area contributed by atoms with Crippen molar-refractivity contribution < 1.29 is 10.0 Å². The van der Waals surface area contributed by atoms with Crippen LogP contribution in [0.5, 0.6) is 0 Å². The number of pyridine rings is 1. The Morgan fingerprint density at radius 1 is 1.50 bits per heavy atom. The summed E-state index contributed by atoms with van der Waals surface area (Å²) in [7, 11) is 0. The van der Waals surface area contributed by atoms with Gasteiger partial charge in [-0.25, -0.2) is 4.98 Å². The van der Waals surface area contributed by atoms with Crippen LogP contribution in [0.2, 0.25) is 0 Å². The van der Waals surface area contributed by atoms with Gasteiger partial charge in [0, 0.05) is 25.8 Å². The van der Waals surface area contributed by atoms with Gasteiger partial charge < -0.3 is 15.2 Å². The lowest BCUT2D eigenvalue weighted by atomic mass is 10.1. The van der Waals surface area contributed by atoms with E-state index in [1.54, 1.807) is 18.3 Å². The van der Waals surface area contributed by atoms with Crippen molar-refractivity contribution in [3.05, 3.63) is 40.2 Å². The molecule has 0 saturated carbocycles. The molecule has 1 aliphatic rings. The molecule has 0 aliphatic carbocycles. The molecule has 1 N–H and O–H groups in total. The van der Waals surface area contributed by atoms with Crippen molar-refractivity contribution in [3.8, 4) is 0 Å². The van der Waals surface area contributed by atoms with E-state index in [4.69, 9.17) is 5.11 Å². The number of fused-ring (bicyclic) bond motifs is 1. The van der Waals surface area contributed by atoms with E-state index in [0.717, 1.165) is 19.5 Å². The fourth-order valence-corrected chi connectivity index (χ4v) is 2.75. The summed E-state index contributed by atoms with van der Waals surface area (Å²) < 4.78 is 1.51. The number of imidazole rings is 1. The van der Waals surface area contributed by atoms with E-state index in [1.807, 2.05) is 6.07 Å². The van der Waals surface area contributed by atoms with Crippen molar-refractivity contribution >= 4 is 11.5 Å². The first-order valence-corrected chi connectivity index (χ1v) is 6.62. The molecule has 0 radical (unpaired) electrons. The third-order valence-corrected chi connectivity index (χ3v) is 3.75. The van der Waals surface area contributed by atoms with E-state index in [0.29, 0.717) is 17.9 Å². The summed E-state index contributed by atoms with van der Waals surface area (Å²) in [4.78, 5) is 17.4. The fraction of sp³-hybridized carbons (Fsp3) is 0.462. The highest BCUT2D eigenvalue weighted by molar-refractivity contribution is 5.48. The standard InChI is InChI=1S/C13H16N4O3/c18-9-10-4-6-15(7-10)8-11-13(17(19)20)16-5-2-1-3-12(16)14-11/h1-3,5,10,18H,4,6-9H2. The minimum atomic E-state index is -0.380. The van der Waals surface area contributed by atoms with E-state index in [2.05, 4.69) is 9.88 Å². The van der Waals surface area contributed by atoms with Gasteiger partial charge in [-0.05, 0) is 29.9 Å². The summed E-state index contributed by atoms with van der Waals surface area (Å²) in [5.74, 6) is 0.305. The van der Waals surface area contributed by atoms with Gasteiger partial charge in [-0.3, -0.25) is 4.90 Å². The lowest BCUT2D eigenvalue weighted by Gasteiger charge is -2.13. The van der Waals surface area contributed by atoms with Gasteiger partial charge in [0.2, 0.25) is 5.65 Å². The predicted octanol–water partition coefficient (Wildman–Crippen LogP) is 1.06. The molecule has 2 aromatic heterocycles. The van der Waals surface area contributed by atoms with E-state index in [1.165, 1.54) is 4.40 Å². The summed E-state index contributed by atoms with van der Waals surface area (Å²) >= 11 is 0. The highest BCUT2D eigenvalue weighted by Crippen LogP contribution is 2.24. The molecule has 7 nitrogen and oxygen atoms in total. The molecule has 3 heterocycles. The van der Waals surface area contributed by atoms with Crippen LogP contribution in [-0.2, 0) is 6.54 Å². The SMILES string of the molecule is O=[N+]([O-])c1c(CN2CCC(CO)C2)nc2ccccn12. The molecule has 3 rings (SSSR count). The van der Waals surface area contributed by atoms with Crippen molar-refractivity contribution in [2.45, 2.75) is 13.0 Å². The summed E-state index contributed by atoms with van der Waals surface area (Å²) in [5, 5.41) is 20.4. The Labute approximate surface area is 115 Å². The van der Waals surface area contributed by atoms with Gasteiger partial charge in [-0.2, -0.15) is 4.40 Å². The number of hydrogen-bond acceptors (Lipinski definition) is 5. The number of rotatable bonds is 4. The molecule has 106 valence electrons. The van der Waals surface area contributed by atoms with E-state index in [9.17, 15) is 10.1 Å². The van der Waals surface area contributed by atoms with Crippen LogP contribution < -0.4 is 0 Å². The maximum Gasteiger partial charge on any atom is 0.352 e. The quantitative estimate of drug-likeness (QED) is 0.666. The van der Waals surface area contributed by atoms with Gasteiger partial charge in [-0.1, -0.05) is 6.07 Å². The predicted molar refractivity (Wildman–Crippen MR) is 72.3 cm³/mol. The topological polar surface area (TPSA) is 83.9 Å². The van der Waals surface area contributed by atoms with E-state index >= 15 is 0 Å². The van der Waals surface area contributed by atoms with Crippen molar-refractivity contribution in [2.24, 2.45) is 5.92 Å². The lowest BCUT2D eigenvalue weighted by molar-refractivity contribution is -0.391. The Bertz CT molecular complexity index is 640. The molecule has 1 saturated heterocycles. The molecule has 1 aliphatic heterocycles. The van der Waals surface area contributed by atoms with Crippen LogP contribution in [0.15, 0.2) is 24.4 Å². The Morgan fingerprint density at radius 2 is 2.35 bits per heavy atom. The zero-order valence-corrected chi connectivity index (χ0v) is 11.0. The van der Waals surface area contributed by atoms with Gasteiger partial charge >= 0.3 is 5.82 Å². The normalized spacial score (nSPS) is 19.8. The average molecular weight is 276 g/mol. The van der Waals surface area contributed by atoms with Crippen LogP contribution in [-0.4, -0.2) is 44.0 Å². The zero-order chi connectivity index (χ0) is 14.1. The number of nitrogens with zero attached hydrogens (tertiary/aromatic N) is 4. The summed E-state index contributed by atoms with van der Waals surface area (Å²) in [5.41, 5.74) is 1.08. The Kier molecular flexibility index (Phi) is 3.37. The molecule has 1 atom stereocenters.